The Bertz CT molecular complexity index is 718. The lowest BCUT2D eigenvalue weighted by atomic mass is 10.2. The third-order valence-corrected chi connectivity index (χ3v) is 3.21. The van der Waals surface area contributed by atoms with Crippen molar-refractivity contribution in [2.45, 2.75) is 6.92 Å². The van der Waals surface area contributed by atoms with Gasteiger partial charge in [0.25, 0.3) is 5.91 Å². The minimum absolute atomic E-state index is 0.179. The average Bonchev–Trinajstić information content (AvgIpc) is 2.49. The summed E-state index contributed by atoms with van der Waals surface area (Å²) in [5.74, 6) is -1.69. The summed E-state index contributed by atoms with van der Waals surface area (Å²) in [7, 11) is 0. The molecule has 22 heavy (non-hydrogen) atoms. The summed E-state index contributed by atoms with van der Waals surface area (Å²) in [4.78, 5) is 23.5. The number of amides is 1. The maximum atomic E-state index is 13.4. The van der Waals surface area contributed by atoms with Gasteiger partial charge in [-0.3, -0.25) is 4.79 Å². The van der Waals surface area contributed by atoms with Crippen LogP contribution in [0.3, 0.4) is 0 Å². The number of halogens is 2. The van der Waals surface area contributed by atoms with E-state index in [0.29, 0.717) is 11.3 Å². The molecule has 2 aromatic rings. The Balaban J connectivity index is 1.91. The molecule has 4 nitrogen and oxygen atoms in total. The molecule has 0 aromatic heterocycles. The molecule has 0 heterocycles. The molecule has 0 radical (unpaired) electrons. The van der Waals surface area contributed by atoms with E-state index < -0.39 is 24.3 Å². The molecule has 0 fully saturated rings. The second-order valence-corrected chi connectivity index (χ2v) is 4.98. The van der Waals surface area contributed by atoms with Crippen LogP contribution in [0.4, 0.5) is 10.1 Å². The number of ether oxygens (including phenoxy) is 1. The third-order valence-electron chi connectivity index (χ3n) is 2.88. The van der Waals surface area contributed by atoms with E-state index in [4.69, 9.17) is 16.3 Å². The summed E-state index contributed by atoms with van der Waals surface area (Å²) in [6.07, 6.45) is 0. The number of rotatable bonds is 4. The second-order valence-electron chi connectivity index (χ2n) is 4.57. The van der Waals surface area contributed by atoms with Gasteiger partial charge in [-0.25, -0.2) is 9.18 Å². The Morgan fingerprint density at radius 1 is 1.23 bits per heavy atom. The highest BCUT2D eigenvalue weighted by molar-refractivity contribution is 6.33. The van der Waals surface area contributed by atoms with Crippen molar-refractivity contribution in [3.05, 3.63) is 64.4 Å². The first-order valence-electron chi connectivity index (χ1n) is 6.45. The molecular weight excluding hydrogens is 309 g/mol. The number of nitrogens with one attached hydrogen (secondary N) is 1. The number of carbonyl (C=O) groups is 2. The van der Waals surface area contributed by atoms with Crippen LogP contribution >= 0.6 is 11.6 Å². The number of benzene rings is 2. The maximum Gasteiger partial charge on any atom is 0.340 e. The largest absolute Gasteiger partial charge is 0.452 e. The maximum absolute atomic E-state index is 13.4. The summed E-state index contributed by atoms with van der Waals surface area (Å²) in [5, 5.41) is 2.69. The van der Waals surface area contributed by atoms with Crippen molar-refractivity contribution in [2.24, 2.45) is 0 Å². The summed E-state index contributed by atoms with van der Waals surface area (Å²) in [5.41, 5.74) is 0.948. The highest BCUT2D eigenvalue weighted by atomic mass is 35.5. The highest BCUT2D eigenvalue weighted by Crippen LogP contribution is 2.16. The van der Waals surface area contributed by atoms with Gasteiger partial charge in [0, 0.05) is 5.69 Å². The summed E-state index contributed by atoms with van der Waals surface area (Å²) in [6, 6.07) is 10.7. The predicted molar refractivity (Wildman–Crippen MR) is 81.5 cm³/mol. The fourth-order valence-electron chi connectivity index (χ4n) is 1.70. The molecular formula is C16H13ClFNO3. The first-order chi connectivity index (χ1) is 10.5. The molecule has 0 unspecified atom stereocenters. The molecule has 1 amide bonds. The zero-order chi connectivity index (χ0) is 16.1. The zero-order valence-electron chi connectivity index (χ0n) is 11.7. The topological polar surface area (TPSA) is 55.4 Å². The van der Waals surface area contributed by atoms with Crippen LogP contribution in [-0.4, -0.2) is 18.5 Å². The first-order valence-corrected chi connectivity index (χ1v) is 6.83. The van der Waals surface area contributed by atoms with Gasteiger partial charge in [-0.2, -0.15) is 0 Å². The summed E-state index contributed by atoms with van der Waals surface area (Å²) < 4.78 is 18.2. The van der Waals surface area contributed by atoms with Crippen LogP contribution in [-0.2, 0) is 9.53 Å². The van der Waals surface area contributed by atoms with Crippen molar-refractivity contribution in [3.63, 3.8) is 0 Å². The van der Waals surface area contributed by atoms with Gasteiger partial charge in [0.2, 0.25) is 0 Å². The Kier molecular flexibility index (Phi) is 5.12. The SMILES string of the molecule is Cc1ccc(NC(=O)COC(=O)c2ccccc2Cl)cc1F. The summed E-state index contributed by atoms with van der Waals surface area (Å²) in [6.45, 7) is 1.13. The van der Waals surface area contributed by atoms with Gasteiger partial charge < -0.3 is 10.1 Å². The van der Waals surface area contributed by atoms with Crippen LogP contribution < -0.4 is 5.32 Å². The van der Waals surface area contributed by atoms with E-state index in [2.05, 4.69) is 5.32 Å². The molecule has 114 valence electrons. The lowest BCUT2D eigenvalue weighted by molar-refractivity contribution is -0.119. The molecule has 0 saturated heterocycles. The molecule has 0 aliphatic carbocycles. The van der Waals surface area contributed by atoms with Gasteiger partial charge in [0.05, 0.1) is 10.6 Å². The molecule has 1 N–H and O–H groups in total. The zero-order valence-corrected chi connectivity index (χ0v) is 12.5. The van der Waals surface area contributed by atoms with Crippen molar-refractivity contribution in [1.82, 2.24) is 0 Å². The van der Waals surface area contributed by atoms with Gasteiger partial charge in [0.15, 0.2) is 6.61 Å². The van der Waals surface area contributed by atoms with Crippen molar-refractivity contribution < 1.29 is 18.7 Å². The molecule has 2 aromatic carbocycles. The number of carbonyl (C=O) groups excluding carboxylic acids is 2. The van der Waals surface area contributed by atoms with Gasteiger partial charge >= 0.3 is 5.97 Å². The van der Waals surface area contributed by atoms with Crippen molar-refractivity contribution in [1.29, 1.82) is 0 Å². The minimum atomic E-state index is -0.698. The molecule has 0 saturated carbocycles. The van der Waals surface area contributed by atoms with E-state index in [1.807, 2.05) is 0 Å². The van der Waals surface area contributed by atoms with E-state index in [-0.39, 0.29) is 10.6 Å². The first kappa shape index (κ1) is 16.0. The van der Waals surface area contributed by atoms with E-state index in [0.717, 1.165) is 0 Å². The molecule has 6 heteroatoms. The molecule has 0 aliphatic heterocycles. The number of anilines is 1. The van der Waals surface area contributed by atoms with E-state index in [9.17, 15) is 14.0 Å². The van der Waals surface area contributed by atoms with Crippen LogP contribution in [0.15, 0.2) is 42.5 Å². The Morgan fingerprint density at radius 3 is 2.64 bits per heavy atom. The van der Waals surface area contributed by atoms with Gasteiger partial charge in [-0.1, -0.05) is 29.8 Å². The van der Waals surface area contributed by atoms with Crippen LogP contribution in [0.25, 0.3) is 0 Å². The van der Waals surface area contributed by atoms with Crippen LogP contribution in [0.5, 0.6) is 0 Å². The van der Waals surface area contributed by atoms with E-state index in [1.54, 1.807) is 37.3 Å². The van der Waals surface area contributed by atoms with Gasteiger partial charge in [-0.05, 0) is 36.8 Å². The molecule has 0 spiro atoms. The van der Waals surface area contributed by atoms with Gasteiger partial charge in [-0.15, -0.1) is 0 Å². The van der Waals surface area contributed by atoms with Gasteiger partial charge in [0.1, 0.15) is 5.82 Å². The molecule has 0 bridgehead atoms. The van der Waals surface area contributed by atoms with E-state index in [1.165, 1.54) is 12.1 Å². The smallest absolute Gasteiger partial charge is 0.340 e. The Hall–Kier alpha value is -2.40. The van der Waals surface area contributed by atoms with Crippen molar-refractivity contribution in [2.75, 3.05) is 11.9 Å². The number of aryl methyl sites for hydroxylation is 1. The predicted octanol–water partition coefficient (Wildman–Crippen LogP) is 3.58. The number of hydrogen-bond acceptors (Lipinski definition) is 3. The Morgan fingerprint density at radius 2 is 1.95 bits per heavy atom. The standard InChI is InChI=1S/C16H13ClFNO3/c1-10-6-7-11(8-14(10)18)19-15(20)9-22-16(21)12-4-2-3-5-13(12)17/h2-8H,9H2,1H3,(H,19,20). The van der Waals surface area contributed by atoms with Crippen LogP contribution in [0.1, 0.15) is 15.9 Å². The third kappa shape index (κ3) is 4.05. The van der Waals surface area contributed by atoms with Crippen LogP contribution in [0.2, 0.25) is 5.02 Å². The number of hydrogen-bond donors (Lipinski definition) is 1. The molecule has 2 rings (SSSR count). The highest BCUT2D eigenvalue weighted by Gasteiger charge is 2.13. The van der Waals surface area contributed by atoms with Crippen molar-refractivity contribution >= 4 is 29.2 Å². The quantitative estimate of drug-likeness (QED) is 0.876. The minimum Gasteiger partial charge on any atom is -0.452 e. The van der Waals surface area contributed by atoms with Crippen molar-refractivity contribution in [3.8, 4) is 0 Å². The second kappa shape index (κ2) is 7.04. The fourth-order valence-corrected chi connectivity index (χ4v) is 1.92. The monoisotopic (exact) mass is 321 g/mol. The molecule has 0 aliphatic rings. The summed E-state index contributed by atoms with van der Waals surface area (Å²) >= 11 is 5.85. The lowest BCUT2D eigenvalue weighted by Gasteiger charge is -2.08. The fraction of sp³-hybridized carbons (Fsp3) is 0.125. The van der Waals surface area contributed by atoms with Crippen LogP contribution in [0, 0.1) is 12.7 Å². The lowest BCUT2D eigenvalue weighted by Crippen LogP contribution is -2.21. The molecule has 0 atom stereocenters. The normalized spacial score (nSPS) is 10.1. The number of esters is 1. The Labute approximate surface area is 131 Å². The van der Waals surface area contributed by atoms with E-state index >= 15 is 0 Å². The average molecular weight is 322 g/mol.